The fourth-order valence-electron chi connectivity index (χ4n) is 2.89. The first-order valence-electron chi connectivity index (χ1n) is 6.07. The first kappa shape index (κ1) is 11.2. The van der Waals surface area contributed by atoms with Gasteiger partial charge < -0.3 is 5.73 Å². The zero-order valence-electron chi connectivity index (χ0n) is 9.65. The molecule has 0 radical (unpaired) electrons. The van der Waals surface area contributed by atoms with Crippen molar-refractivity contribution in [2.45, 2.75) is 43.6 Å². The third-order valence-corrected chi connectivity index (χ3v) is 3.87. The van der Waals surface area contributed by atoms with Crippen LogP contribution in [0.2, 0.25) is 0 Å². The van der Waals surface area contributed by atoms with E-state index in [4.69, 9.17) is 12.2 Å². The molecule has 1 aromatic carbocycles. The molecule has 2 N–H and O–H groups in total. The number of hydrogen-bond acceptors (Lipinski definition) is 1. The molecule has 1 saturated carbocycles. The number of rotatable bonds is 2. The highest BCUT2D eigenvalue weighted by atomic mass is 14.7. The molecule has 0 spiro atoms. The summed E-state index contributed by atoms with van der Waals surface area (Å²) in [6.07, 6.45) is 11.6. The normalized spacial score (nSPS) is 21.0. The summed E-state index contributed by atoms with van der Waals surface area (Å²) in [6.45, 7) is 0. The highest BCUT2D eigenvalue weighted by Gasteiger charge is 2.38. The second-order valence-corrected chi connectivity index (χ2v) is 4.73. The smallest absolute Gasteiger partial charge is 0.0759 e. The number of benzene rings is 1. The third-order valence-electron chi connectivity index (χ3n) is 3.87. The van der Waals surface area contributed by atoms with Gasteiger partial charge in [0.25, 0.3) is 0 Å². The second-order valence-electron chi connectivity index (χ2n) is 4.73. The molecule has 84 valence electrons. The van der Waals surface area contributed by atoms with E-state index >= 15 is 0 Å². The van der Waals surface area contributed by atoms with Gasteiger partial charge in [0.15, 0.2) is 0 Å². The van der Waals surface area contributed by atoms with E-state index in [0.717, 1.165) is 12.8 Å². The molecule has 0 amide bonds. The van der Waals surface area contributed by atoms with Crippen molar-refractivity contribution >= 4 is 0 Å². The highest BCUT2D eigenvalue weighted by Crippen LogP contribution is 2.41. The Labute approximate surface area is 98.0 Å². The fraction of sp³-hybridized carbons (Fsp3) is 0.467. The van der Waals surface area contributed by atoms with Crippen molar-refractivity contribution in [1.29, 1.82) is 0 Å². The van der Waals surface area contributed by atoms with E-state index in [-0.39, 0.29) is 11.5 Å². The van der Waals surface area contributed by atoms with Gasteiger partial charge in [-0.05, 0) is 18.4 Å². The van der Waals surface area contributed by atoms with Gasteiger partial charge >= 0.3 is 0 Å². The summed E-state index contributed by atoms with van der Waals surface area (Å²) in [5, 5.41) is 0. The lowest BCUT2D eigenvalue weighted by atomic mass is 9.65. The molecule has 1 aromatic rings. The van der Waals surface area contributed by atoms with Crippen LogP contribution in [0.5, 0.6) is 0 Å². The van der Waals surface area contributed by atoms with Crippen molar-refractivity contribution in [3.63, 3.8) is 0 Å². The minimum absolute atomic E-state index is 0.0221. The van der Waals surface area contributed by atoms with Gasteiger partial charge in [0.2, 0.25) is 0 Å². The fourth-order valence-corrected chi connectivity index (χ4v) is 2.89. The Kier molecular flexibility index (Phi) is 3.31. The van der Waals surface area contributed by atoms with Crippen LogP contribution in [0.15, 0.2) is 30.3 Å². The van der Waals surface area contributed by atoms with Crippen LogP contribution in [0.1, 0.15) is 37.7 Å². The molecule has 0 heterocycles. The summed E-state index contributed by atoms with van der Waals surface area (Å²) in [7, 11) is 0. The maximum atomic E-state index is 6.18. The first-order chi connectivity index (χ1) is 7.79. The maximum absolute atomic E-state index is 6.18. The van der Waals surface area contributed by atoms with Gasteiger partial charge in [0.1, 0.15) is 0 Å². The van der Waals surface area contributed by atoms with E-state index in [0.29, 0.717) is 0 Å². The van der Waals surface area contributed by atoms with Gasteiger partial charge in [0, 0.05) is 5.41 Å². The maximum Gasteiger partial charge on any atom is 0.0759 e. The van der Waals surface area contributed by atoms with Crippen molar-refractivity contribution < 1.29 is 0 Å². The third kappa shape index (κ3) is 1.86. The Balaban J connectivity index is 2.38. The monoisotopic (exact) mass is 213 g/mol. The molecule has 1 atom stereocenters. The Morgan fingerprint density at radius 3 is 2.31 bits per heavy atom. The SMILES string of the molecule is C#CC(N)C1(c2ccccc2)CCCCC1. The van der Waals surface area contributed by atoms with Crippen molar-refractivity contribution in [3.05, 3.63) is 35.9 Å². The van der Waals surface area contributed by atoms with Crippen molar-refractivity contribution in [1.82, 2.24) is 0 Å². The molecule has 2 rings (SSSR count). The van der Waals surface area contributed by atoms with Gasteiger partial charge in [-0.3, -0.25) is 0 Å². The van der Waals surface area contributed by atoms with Gasteiger partial charge in [-0.2, -0.15) is 0 Å². The van der Waals surface area contributed by atoms with Crippen molar-refractivity contribution in [3.8, 4) is 12.3 Å². The van der Waals surface area contributed by atoms with E-state index < -0.39 is 0 Å². The summed E-state index contributed by atoms with van der Waals surface area (Å²) in [6, 6.07) is 10.4. The summed E-state index contributed by atoms with van der Waals surface area (Å²) < 4.78 is 0. The van der Waals surface area contributed by atoms with Crippen LogP contribution < -0.4 is 5.73 Å². The summed E-state index contributed by atoms with van der Waals surface area (Å²) in [5.41, 5.74) is 7.52. The Morgan fingerprint density at radius 2 is 1.75 bits per heavy atom. The predicted molar refractivity (Wildman–Crippen MR) is 68.0 cm³/mol. The lowest BCUT2D eigenvalue weighted by molar-refractivity contribution is 0.272. The van der Waals surface area contributed by atoms with Crippen LogP contribution in [-0.4, -0.2) is 6.04 Å². The summed E-state index contributed by atoms with van der Waals surface area (Å²) >= 11 is 0. The van der Waals surface area contributed by atoms with E-state index in [1.165, 1.54) is 24.8 Å². The minimum Gasteiger partial charge on any atom is -0.317 e. The van der Waals surface area contributed by atoms with Crippen LogP contribution in [-0.2, 0) is 5.41 Å². The van der Waals surface area contributed by atoms with Gasteiger partial charge in [-0.1, -0.05) is 55.5 Å². The topological polar surface area (TPSA) is 26.0 Å². The Morgan fingerprint density at radius 1 is 1.12 bits per heavy atom. The highest BCUT2D eigenvalue weighted by molar-refractivity contribution is 5.31. The van der Waals surface area contributed by atoms with Crippen LogP contribution >= 0.6 is 0 Å². The standard InChI is InChI=1S/C15H19N/c1-2-14(16)15(11-7-4-8-12-15)13-9-5-3-6-10-13/h1,3,5-6,9-10,14H,4,7-8,11-12,16H2. The molecule has 1 aliphatic carbocycles. The first-order valence-corrected chi connectivity index (χ1v) is 6.07. The molecule has 1 fully saturated rings. The molecule has 1 aliphatic rings. The lowest BCUT2D eigenvalue weighted by Gasteiger charge is -2.40. The van der Waals surface area contributed by atoms with E-state index in [2.05, 4.69) is 30.2 Å². The van der Waals surface area contributed by atoms with E-state index in [1.807, 2.05) is 6.07 Å². The molecular formula is C15H19N. The average Bonchev–Trinajstić information content (AvgIpc) is 2.39. The molecule has 0 bridgehead atoms. The van der Waals surface area contributed by atoms with Gasteiger partial charge in [-0.25, -0.2) is 0 Å². The molecule has 1 heteroatoms. The van der Waals surface area contributed by atoms with Crippen LogP contribution in [0.25, 0.3) is 0 Å². The van der Waals surface area contributed by atoms with E-state index in [9.17, 15) is 0 Å². The second kappa shape index (κ2) is 4.72. The molecular weight excluding hydrogens is 194 g/mol. The van der Waals surface area contributed by atoms with Gasteiger partial charge in [-0.15, -0.1) is 6.42 Å². The average molecular weight is 213 g/mol. The van der Waals surface area contributed by atoms with E-state index in [1.54, 1.807) is 0 Å². The lowest BCUT2D eigenvalue weighted by Crippen LogP contribution is -2.45. The number of nitrogens with two attached hydrogens (primary N) is 1. The molecule has 0 aliphatic heterocycles. The predicted octanol–water partition coefficient (Wildman–Crippen LogP) is 2.85. The van der Waals surface area contributed by atoms with Crippen LogP contribution in [0.3, 0.4) is 0 Å². The number of terminal acetylenes is 1. The van der Waals surface area contributed by atoms with Crippen LogP contribution in [0.4, 0.5) is 0 Å². The quantitative estimate of drug-likeness (QED) is 0.751. The Bertz CT molecular complexity index is 368. The molecule has 16 heavy (non-hydrogen) atoms. The van der Waals surface area contributed by atoms with Gasteiger partial charge in [0.05, 0.1) is 6.04 Å². The van der Waals surface area contributed by atoms with Crippen molar-refractivity contribution in [2.75, 3.05) is 0 Å². The minimum atomic E-state index is -0.157. The zero-order chi connectivity index (χ0) is 11.4. The summed E-state index contributed by atoms with van der Waals surface area (Å²) in [5.74, 6) is 2.75. The van der Waals surface area contributed by atoms with Crippen molar-refractivity contribution in [2.24, 2.45) is 5.73 Å². The largest absolute Gasteiger partial charge is 0.317 e. The summed E-state index contributed by atoms with van der Waals surface area (Å²) in [4.78, 5) is 0. The van der Waals surface area contributed by atoms with Crippen LogP contribution in [0, 0.1) is 12.3 Å². The zero-order valence-corrected chi connectivity index (χ0v) is 9.65. The molecule has 1 unspecified atom stereocenters. The Hall–Kier alpha value is -1.26. The molecule has 0 aromatic heterocycles. The molecule has 0 saturated heterocycles. The number of hydrogen-bond donors (Lipinski definition) is 1. The molecule has 1 nitrogen and oxygen atoms in total.